The SMILES string of the molecule is C=CC[C@](Cc1ccc(F)cc1)(C(C)=O)C(=O)OCC. The maximum atomic E-state index is 12.9. The first-order valence-electron chi connectivity index (χ1n) is 6.50. The molecule has 1 aromatic rings. The number of carbonyl (C=O) groups excluding carboxylic acids is 2. The van der Waals surface area contributed by atoms with Crippen molar-refractivity contribution in [2.75, 3.05) is 6.61 Å². The van der Waals surface area contributed by atoms with E-state index < -0.39 is 11.4 Å². The molecule has 1 rings (SSSR count). The van der Waals surface area contributed by atoms with E-state index in [1.165, 1.54) is 25.1 Å². The van der Waals surface area contributed by atoms with Gasteiger partial charge in [0, 0.05) is 0 Å². The Kier molecular flexibility index (Phi) is 5.62. The van der Waals surface area contributed by atoms with Crippen LogP contribution in [0.1, 0.15) is 25.8 Å². The van der Waals surface area contributed by atoms with Gasteiger partial charge in [-0.3, -0.25) is 9.59 Å². The van der Waals surface area contributed by atoms with E-state index in [0.29, 0.717) is 5.56 Å². The molecule has 0 saturated heterocycles. The minimum absolute atomic E-state index is 0.174. The lowest BCUT2D eigenvalue weighted by Crippen LogP contribution is -2.41. The molecule has 4 heteroatoms. The molecule has 0 unspecified atom stereocenters. The molecule has 0 aliphatic carbocycles. The van der Waals surface area contributed by atoms with Gasteiger partial charge in [0.1, 0.15) is 17.0 Å². The molecule has 0 aliphatic heterocycles. The van der Waals surface area contributed by atoms with E-state index in [9.17, 15) is 14.0 Å². The van der Waals surface area contributed by atoms with Crippen molar-refractivity contribution in [3.8, 4) is 0 Å². The van der Waals surface area contributed by atoms with Crippen LogP contribution in [0.15, 0.2) is 36.9 Å². The van der Waals surface area contributed by atoms with Gasteiger partial charge in [-0.05, 0) is 44.4 Å². The predicted octanol–water partition coefficient (Wildman–Crippen LogP) is 3.08. The summed E-state index contributed by atoms with van der Waals surface area (Å²) in [5.41, 5.74) is -0.577. The minimum atomic E-state index is -1.28. The Labute approximate surface area is 118 Å². The molecule has 0 aromatic heterocycles. The molecular formula is C16H19FO3. The van der Waals surface area contributed by atoms with E-state index in [0.717, 1.165) is 0 Å². The van der Waals surface area contributed by atoms with Gasteiger partial charge in [-0.1, -0.05) is 18.2 Å². The van der Waals surface area contributed by atoms with Crippen molar-refractivity contribution in [1.82, 2.24) is 0 Å². The number of Topliss-reactive ketones (excluding diaryl/α,β-unsaturated/α-hetero) is 1. The van der Waals surface area contributed by atoms with E-state index in [2.05, 4.69) is 6.58 Å². The second-order valence-electron chi connectivity index (χ2n) is 4.65. The Bertz CT molecular complexity index is 493. The molecule has 1 atom stereocenters. The van der Waals surface area contributed by atoms with Crippen LogP contribution in [0, 0.1) is 11.2 Å². The fourth-order valence-electron chi connectivity index (χ4n) is 2.11. The number of allylic oxidation sites excluding steroid dienone is 1. The first-order valence-corrected chi connectivity index (χ1v) is 6.50. The van der Waals surface area contributed by atoms with E-state index in [-0.39, 0.29) is 31.0 Å². The van der Waals surface area contributed by atoms with Gasteiger partial charge in [0.2, 0.25) is 0 Å². The van der Waals surface area contributed by atoms with Crippen molar-refractivity contribution in [2.45, 2.75) is 26.7 Å². The molecule has 0 aliphatic rings. The zero-order chi connectivity index (χ0) is 15.2. The Morgan fingerprint density at radius 3 is 2.40 bits per heavy atom. The van der Waals surface area contributed by atoms with Crippen molar-refractivity contribution in [2.24, 2.45) is 5.41 Å². The standard InChI is InChI=1S/C16H19FO3/c1-4-10-16(12(3)18,15(19)20-5-2)11-13-6-8-14(17)9-7-13/h4,6-9H,1,5,10-11H2,2-3H3/t16-/m0/s1. The van der Waals surface area contributed by atoms with Crippen LogP contribution in [-0.2, 0) is 20.7 Å². The molecule has 0 saturated carbocycles. The van der Waals surface area contributed by atoms with Crippen molar-refractivity contribution in [1.29, 1.82) is 0 Å². The Balaban J connectivity index is 3.14. The predicted molar refractivity (Wildman–Crippen MR) is 74.7 cm³/mol. The van der Waals surface area contributed by atoms with Gasteiger partial charge in [0.05, 0.1) is 6.61 Å². The molecule has 3 nitrogen and oxygen atoms in total. The largest absolute Gasteiger partial charge is 0.465 e. The summed E-state index contributed by atoms with van der Waals surface area (Å²) in [6.45, 7) is 6.86. The summed E-state index contributed by atoms with van der Waals surface area (Å²) >= 11 is 0. The molecule has 1 aromatic carbocycles. The van der Waals surface area contributed by atoms with Crippen LogP contribution >= 0.6 is 0 Å². The van der Waals surface area contributed by atoms with Gasteiger partial charge >= 0.3 is 5.97 Å². The lowest BCUT2D eigenvalue weighted by atomic mass is 9.75. The summed E-state index contributed by atoms with van der Waals surface area (Å²) < 4.78 is 18.0. The number of rotatable bonds is 7. The Morgan fingerprint density at radius 2 is 1.95 bits per heavy atom. The molecule has 0 heterocycles. The van der Waals surface area contributed by atoms with E-state index in [4.69, 9.17) is 4.74 Å². The highest BCUT2D eigenvalue weighted by Gasteiger charge is 2.43. The number of carbonyl (C=O) groups is 2. The van der Waals surface area contributed by atoms with Crippen LogP contribution in [0.3, 0.4) is 0 Å². The van der Waals surface area contributed by atoms with Gasteiger partial charge in [-0.2, -0.15) is 0 Å². The molecule has 0 spiro atoms. The molecule has 0 radical (unpaired) electrons. The third-order valence-electron chi connectivity index (χ3n) is 3.25. The summed E-state index contributed by atoms with van der Waals surface area (Å²) in [6.07, 6.45) is 1.90. The van der Waals surface area contributed by atoms with Crippen molar-refractivity contribution >= 4 is 11.8 Å². The second-order valence-corrected chi connectivity index (χ2v) is 4.65. The topological polar surface area (TPSA) is 43.4 Å². The number of hydrogen-bond donors (Lipinski definition) is 0. The summed E-state index contributed by atoms with van der Waals surface area (Å²) in [6, 6.07) is 5.74. The van der Waals surface area contributed by atoms with E-state index in [1.807, 2.05) is 0 Å². The third-order valence-corrected chi connectivity index (χ3v) is 3.25. The fraction of sp³-hybridized carbons (Fsp3) is 0.375. The van der Waals surface area contributed by atoms with Crippen LogP contribution in [0.4, 0.5) is 4.39 Å². The van der Waals surface area contributed by atoms with E-state index in [1.54, 1.807) is 19.1 Å². The third kappa shape index (κ3) is 3.53. The monoisotopic (exact) mass is 278 g/mol. The molecule has 0 N–H and O–H groups in total. The summed E-state index contributed by atoms with van der Waals surface area (Å²) in [4.78, 5) is 24.2. The molecule has 0 amide bonds. The molecular weight excluding hydrogens is 259 g/mol. The number of halogens is 1. The number of esters is 1. The quantitative estimate of drug-likeness (QED) is 0.437. The van der Waals surface area contributed by atoms with Crippen LogP contribution < -0.4 is 0 Å². The van der Waals surface area contributed by atoms with Gasteiger partial charge in [-0.15, -0.1) is 6.58 Å². The first kappa shape index (κ1) is 16.1. The maximum Gasteiger partial charge on any atom is 0.320 e. The number of benzene rings is 1. The molecule has 0 bridgehead atoms. The normalized spacial score (nSPS) is 13.3. The van der Waals surface area contributed by atoms with Gasteiger partial charge in [0.15, 0.2) is 0 Å². The van der Waals surface area contributed by atoms with Gasteiger partial charge in [0.25, 0.3) is 0 Å². The maximum absolute atomic E-state index is 12.9. The second kappa shape index (κ2) is 6.98. The lowest BCUT2D eigenvalue weighted by Gasteiger charge is -2.27. The zero-order valence-electron chi connectivity index (χ0n) is 11.8. The lowest BCUT2D eigenvalue weighted by molar-refractivity contribution is -0.159. The average Bonchev–Trinajstić information content (AvgIpc) is 2.40. The molecule has 20 heavy (non-hydrogen) atoms. The first-order chi connectivity index (χ1) is 9.46. The highest BCUT2D eigenvalue weighted by Crippen LogP contribution is 2.31. The highest BCUT2D eigenvalue weighted by molar-refractivity contribution is 6.03. The van der Waals surface area contributed by atoms with Crippen LogP contribution in [0.5, 0.6) is 0 Å². The summed E-state index contributed by atoms with van der Waals surface area (Å²) in [7, 11) is 0. The van der Waals surface area contributed by atoms with Crippen LogP contribution in [-0.4, -0.2) is 18.4 Å². The highest BCUT2D eigenvalue weighted by atomic mass is 19.1. The van der Waals surface area contributed by atoms with Crippen molar-refractivity contribution in [3.63, 3.8) is 0 Å². The Morgan fingerprint density at radius 1 is 1.35 bits per heavy atom. The summed E-state index contributed by atoms with van der Waals surface area (Å²) in [5, 5.41) is 0. The molecule has 0 fully saturated rings. The zero-order valence-corrected chi connectivity index (χ0v) is 11.8. The van der Waals surface area contributed by atoms with Crippen LogP contribution in [0.25, 0.3) is 0 Å². The molecule has 108 valence electrons. The number of hydrogen-bond acceptors (Lipinski definition) is 3. The van der Waals surface area contributed by atoms with Crippen molar-refractivity contribution in [3.05, 3.63) is 48.3 Å². The minimum Gasteiger partial charge on any atom is -0.465 e. The van der Waals surface area contributed by atoms with Crippen molar-refractivity contribution < 1.29 is 18.7 Å². The van der Waals surface area contributed by atoms with Crippen LogP contribution in [0.2, 0.25) is 0 Å². The number of ether oxygens (including phenoxy) is 1. The van der Waals surface area contributed by atoms with Gasteiger partial charge < -0.3 is 4.74 Å². The number of ketones is 1. The van der Waals surface area contributed by atoms with Gasteiger partial charge in [-0.25, -0.2) is 4.39 Å². The fourth-order valence-corrected chi connectivity index (χ4v) is 2.11. The average molecular weight is 278 g/mol. The summed E-state index contributed by atoms with van der Waals surface area (Å²) in [5.74, 6) is -1.20. The Hall–Kier alpha value is -1.97. The smallest absolute Gasteiger partial charge is 0.320 e. The van der Waals surface area contributed by atoms with E-state index >= 15 is 0 Å².